The van der Waals surface area contributed by atoms with Crippen molar-refractivity contribution in [2.45, 2.75) is 56.3 Å². The van der Waals surface area contributed by atoms with Crippen molar-refractivity contribution in [1.82, 2.24) is 0 Å². The van der Waals surface area contributed by atoms with Crippen LogP contribution in [0.2, 0.25) is 0 Å². The van der Waals surface area contributed by atoms with Crippen LogP contribution in [0.5, 0.6) is 5.75 Å². The lowest BCUT2D eigenvalue weighted by atomic mass is 9.88. The van der Waals surface area contributed by atoms with E-state index in [0.29, 0.717) is 5.56 Å². The molecule has 196 valence electrons. The highest BCUT2D eigenvalue weighted by atomic mass is 32.2. The van der Waals surface area contributed by atoms with E-state index in [2.05, 4.69) is 0 Å². The lowest BCUT2D eigenvalue weighted by Crippen LogP contribution is -2.40. The van der Waals surface area contributed by atoms with Gasteiger partial charge >= 0.3 is 22.1 Å². The molecule has 3 aromatic carbocycles. The van der Waals surface area contributed by atoms with Crippen LogP contribution in [0.15, 0.2) is 89.8 Å². The molecule has 9 heteroatoms. The van der Waals surface area contributed by atoms with E-state index in [1.165, 1.54) is 24.3 Å². The zero-order chi connectivity index (χ0) is 27.1. The van der Waals surface area contributed by atoms with E-state index in [1.54, 1.807) is 51.1 Å². The molecule has 0 saturated heterocycles. The maximum absolute atomic E-state index is 12.9. The van der Waals surface area contributed by atoms with Crippen molar-refractivity contribution in [3.63, 3.8) is 0 Å². The summed E-state index contributed by atoms with van der Waals surface area (Å²) in [7, 11) is -4.09. The lowest BCUT2D eigenvalue weighted by Gasteiger charge is -2.25. The number of nitrogens with two attached hydrogens (primary N) is 1. The lowest BCUT2D eigenvalue weighted by molar-refractivity contribution is -0.156. The van der Waals surface area contributed by atoms with Gasteiger partial charge in [0.05, 0.1) is 6.42 Å². The number of carbonyl (C=O) groups excluding carboxylic acids is 2. The fourth-order valence-electron chi connectivity index (χ4n) is 3.56. The van der Waals surface area contributed by atoms with E-state index in [0.717, 1.165) is 5.56 Å². The van der Waals surface area contributed by atoms with E-state index in [-0.39, 0.29) is 23.7 Å². The standard InChI is InChI=1S/C28H31NO7S/c1-28(2,3)35-25(30)18-24(26(29)27(31)34-19-20-11-6-4-7-12-20)21-13-10-14-22(17-21)36-37(32,33)23-15-8-5-9-16-23/h4-17,24,26H,18-19,29H2,1-3H3. The van der Waals surface area contributed by atoms with Crippen molar-refractivity contribution in [1.29, 1.82) is 0 Å². The zero-order valence-corrected chi connectivity index (χ0v) is 21.8. The Bertz CT molecular complexity index is 1300. The third-order valence-corrected chi connectivity index (χ3v) is 6.52. The first-order valence-electron chi connectivity index (χ1n) is 11.7. The smallest absolute Gasteiger partial charge is 0.339 e. The van der Waals surface area contributed by atoms with Gasteiger partial charge in [-0.1, -0.05) is 60.7 Å². The highest BCUT2D eigenvalue weighted by molar-refractivity contribution is 7.87. The summed E-state index contributed by atoms with van der Waals surface area (Å²) in [6, 6.07) is 21.7. The first-order valence-corrected chi connectivity index (χ1v) is 13.1. The van der Waals surface area contributed by atoms with Gasteiger partial charge in [-0.15, -0.1) is 0 Å². The quantitative estimate of drug-likeness (QED) is 0.306. The second kappa shape index (κ2) is 12.0. The van der Waals surface area contributed by atoms with Gasteiger partial charge in [0.15, 0.2) is 0 Å². The molecule has 0 spiro atoms. The molecule has 0 saturated carbocycles. The largest absolute Gasteiger partial charge is 0.460 e. The van der Waals surface area contributed by atoms with Crippen molar-refractivity contribution in [2.24, 2.45) is 5.73 Å². The van der Waals surface area contributed by atoms with E-state index in [4.69, 9.17) is 19.4 Å². The van der Waals surface area contributed by atoms with Crippen LogP contribution in [0.3, 0.4) is 0 Å². The fraction of sp³-hybridized carbons (Fsp3) is 0.286. The summed E-state index contributed by atoms with van der Waals surface area (Å²) >= 11 is 0. The highest BCUT2D eigenvalue weighted by Crippen LogP contribution is 2.29. The highest BCUT2D eigenvalue weighted by Gasteiger charge is 2.32. The van der Waals surface area contributed by atoms with Crippen LogP contribution in [0.25, 0.3) is 0 Å². The van der Waals surface area contributed by atoms with Gasteiger partial charge in [0.25, 0.3) is 0 Å². The Morgan fingerprint density at radius 2 is 1.51 bits per heavy atom. The number of hydrogen-bond donors (Lipinski definition) is 1. The van der Waals surface area contributed by atoms with E-state index in [1.807, 2.05) is 30.3 Å². The minimum absolute atomic E-state index is 0.00750. The molecule has 0 aliphatic heterocycles. The van der Waals surface area contributed by atoms with Gasteiger partial charge in [0, 0.05) is 5.92 Å². The Morgan fingerprint density at radius 3 is 2.14 bits per heavy atom. The summed E-state index contributed by atoms with van der Waals surface area (Å²) < 4.78 is 41.5. The van der Waals surface area contributed by atoms with E-state index >= 15 is 0 Å². The van der Waals surface area contributed by atoms with Crippen LogP contribution >= 0.6 is 0 Å². The zero-order valence-electron chi connectivity index (χ0n) is 21.0. The van der Waals surface area contributed by atoms with Crippen LogP contribution in [0, 0.1) is 0 Å². The minimum Gasteiger partial charge on any atom is -0.460 e. The van der Waals surface area contributed by atoms with Crippen molar-refractivity contribution in [3.05, 3.63) is 96.1 Å². The molecule has 0 amide bonds. The van der Waals surface area contributed by atoms with Crippen LogP contribution in [0.4, 0.5) is 0 Å². The van der Waals surface area contributed by atoms with Crippen LogP contribution in [0.1, 0.15) is 44.2 Å². The predicted molar refractivity (Wildman–Crippen MR) is 138 cm³/mol. The number of ether oxygens (including phenoxy) is 2. The maximum Gasteiger partial charge on any atom is 0.339 e. The third kappa shape index (κ3) is 8.44. The van der Waals surface area contributed by atoms with E-state index < -0.39 is 39.6 Å². The molecule has 8 nitrogen and oxygen atoms in total. The van der Waals surface area contributed by atoms with Gasteiger partial charge in [-0.25, -0.2) is 0 Å². The summed E-state index contributed by atoms with van der Waals surface area (Å²) in [6.45, 7) is 5.22. The number of hydrogen-bond acceptors (Lipinski definition) is 8. The minimum atomic E-state index is -4.09. The van der Waals surface area contributed by atoms with Gasteiger partial charge in [-0.05, 0) is 56.2 Å². The summed E-state index contributed by atoms with van der Waals surface area (Å²) in [4.78, 5) is 25.6. The Balaban J connectivity index is 1.85. The average Bonchev–Trinajstić information content (AvgIpc) is 2.85. The fourth-order valence-corrected chi connectivity index (χ4v) is 4.51. The molecule has 0 aliphatic carbocycles. The Kier molecular flexibility index (Phi) is 9.07. The summed E-state index contributed by atoms with van der Waals surface area (Å²) in [5, 5.41) is 0. The van der Waals surface area contributed by atoms with Gasteiger partial charge in [-0.3, -0.25) is 9.59 Å². The second-order valence-corrected chi connectivity index (χ2v) is 11.0. The molecule has 3 rings (SSSR count). The van der Waals surface area contributed by atoms with Crippen LogP contribution < -0.4 is 9.92 Å². The average molecular weight is 526 g/mol. The molecule has 2 unspecified atom stereocenters. The first kappa shape index (κ1) is 27.9. The van der Waals surface area contributed by atoms with Crippen molar-refractivity contribution >= 4 is 22.1 Å². The molecule has 0 aromatic heterocycles. The second-order valence-electron chi connectivity index (χ2n) is 9.44. The van der Waals surface area contributed by atoms with Gasteiger partial charge in [0.1, 0.15) is 28.9 Å². The van der Waals surface area contributed by atoms with Gasteiger partial charge in [-0.2, -0.15) is 8.42 Å². The summed E-state index contributed by atoms with van der Waals surface area (Å²) in [5.41, 5.74) is 6.77. The third-order valence-electron chi connectivity index (χ3n) is 5.26. The van der Waals surface area contributed by atoms with Crippen molar-refractivity contribution in [3.8, 4) is 5.75 Å². The molecule has 0 fully saturated rings. The van der Waals surface area contributed by atoms with Crippen molar-refractivity contribution in [2.75, 3.05) is 0 Å². The molecule has 2 N–H and O–H groups in total. The number of carbonyl (C=O) groups is 2. The van der Waals surface area contributed by atoms with E-state index in [9.17, 15) is 18.0 Å². The Morgan fingerprint density at radius 1 is 0.892 bits per heavy atom. The molecule has 37 heavy (non-hydrogen) atoms. The molecule has 0 bridgehead atoms. The SMILES string of the molecule is CC(C)(C)OC(=O)CC(c1cccc(OS(=O)(=O)c2ccccc2)c1)C(N)C(=O)OCc1ccccc1. The topological polar surface area (TPSA) is 122 Å². The maximum atomic E-state index is 12.9. The molecule has 0 heterocycles. The Hall–Kier alpha value is -3.69. The molecular weight excluding hydrogens is 494 g/mol. The molecule has 3 aromatic rings. The van der Waals surface area contributed by atoms with Crippen molar-refractivity contribution < 1.29 is 31.7 Å². The Labute approximate surface area is 217 Å². The molecule has 0 aliphatic rings. The number of rotatable bonds is 10. The van der Waals surface area contributed by atoms with Crippen LogP contribution in [-0.2, 0) is 35.8 Å². The molecule has 2 atom stereocenters. The van der Waals surface area contributed by atoms with Crippen LogP contribution in [-0.4, -0.2) is 32.0 Å². The first-order chi connectivity index (χ1) is 17.4. The predicted octanol–water partition coefficient (Wildman–Crippen LogP) is 4.34. The monoisotopic (exact) mass is 525 g/mol. The van der Waals surface area contributed by atoms with Gasteiger partial charge in [0.2, 0.25) is 0 Å². The molecular formula is C28H31NO7S. The summed E-state index contributed by atoms with van der Waals surface area (Å²) in [6.07, 6.45) is -0.228. The number of benzene rings is 3. The normalized spacial score (nSPS) is 13.3. The summed E-state index contributed by atoms with van der Waals surface area (Å²) in [5.74, 6) is -2.12. The number of esters is 2. The molecule has 0 radical (unpaired) electrons. The van der Waals surface area contributed by atoms with Gasteiger partial charge < -0.3 is 19.4 Å².